The Bertz CT molecular complexity index is 1240. The van der Waals surface area contributed by atoms with Crippen molar-refractivity contribution in [1.29, 1.82) is 0 Å². The minimum Gasteiger partial charge on any atom is -0.351 e. The highest BCUT2D eigenvalue weighted by Gasteiger charge is 2.36. The van der Waals surface area contributed by atoms with Crippen LogP contribution in [0.25, 0.3) is 0 Å². The number of carbonyl (C=O) groups excluding carboxylic acids is 3. The maximum atomic E-state index is 12.9. The zero-order valence-electron chi connectivity index (χ0n) is 19.1. The fraction of sp³-hybridized carbons (Fsp3) is 0.375. The molecule has 2 atom stereocenters. The quantitative estimate of drug-likeness (QED) is 0.574. The third-order valence-corrected chi connectivity index (χ3v) is 7.86. The fourth-order valence-corrected chi connectivity index (χ4v) is 6.09. The molecular weight excluding hydrogens is 456 g/mol. The van der Waals surface area contributed by atoms with Gasteiger partial charge >= 0.3 is 0 Å². The van der Waals surface area contributed by atoms with E-state index in [1.807, 2.05) is 32.0 Å². The molecule has 0 saturated carbocycles. The van der Waals surface area contributed by atoms with E-state index in [1.54, 1.807) is 29.2 Å². The van der Waals surface area contributed by atoms with Crippen LogP contribution in [0.4, 0.5) is 17.1 Å². The van der Waals surface area contributed by atoms with Gasteiger partial charge in [0.25, 0.3) is 0 Å². The summed E-state index contributed by atoms with van der Waals surface area (Å²) in [7, 11) is -3.14. The van der Waals surface area contributed by atoms with Gasteiger partial charge in [0, 0.05) is 11.7 Å². The molecule has 3 N–H and O–H groups in total. The summed E-state index contributed by atoms with van der Waals surface area (Å²) >= 11 is 0. The Hall–Kier alpha value is -3.40. The van der Waals surface area contributed by atoms with Gasteiger partial charge < -0.3 is 20.9 Å². The van der Waals surface area contributed by atoms with Gasteiger partial charge in [0.2, 0.25) is 17.7 Å². The molecule has 2 aromatic carbocycles. The molecule has 0 spiro atoms. The summed E-state index contributed by atoms with van der Waals surface area (Å²) in [6, 6.07) is 11.4. The molecule has 1 saturated heterocycles. The van der Waals surface area contributed by atoms with Gasteiger partial charge in [0.15, 0.2) is 9.84 Å². The lowest BCUT2D eigenvalue weighted by Crippen LogP contribution is -2.53. The van der Waals surface area contributed by atoms with Crippen molar-refractivity contribution in [3.63, 3.8) is 0 Å². The van der Waals surface area contributed by atoms with Crippen molar-refractivity contribution in [3.8, 4) is 0 Å². The first-order chi connectivity index (χ1) is 16.1. The molecule has 9 nitrogen and oxygen atoms in total. The van der Waals surface area contributed by atoms with Crippen molar-refractivity contribution in [3.05, 3.63) is 53.6 Å². The monoisotopic (exact) mass is 484 g/mol. The van der Waals surface area contributed by atoms with Crippen LogP contribution < -0.4 is 20.9 Å². The second-order valence-corrected chi connectivity index (χ2v) is 11.1. The number of rotatable bonds is 6. The zero-order chi connectivity index (χ0) is 24.5. The van der Waals surface area contributed by atoms with Gasteiger partial charge in [-0.1, -0.05) is 29.8 Å². The third-order valence-electron chi connectivity index (χ3n) is 6.10. The number of para-hydroxylation sites is 2. The predicted octanol–water partition coefficient (Wildman–Crippen LogP) is 1.76. The molecule has 1 fully saturated rings. The maximum Gasteiger partial charge on any atom is 0.247 e. The molecule has 0 aliphatic carbocycles. The third kappa shape index (κ3) is 5.39. The number of fused-ring (bicyclic) bond motifs is 1. The number of hydrogen-bond donors (Lipinski definition) is 3. The average Bonchev–Trinajstić information content (AvgIpc) is 3.10. The summed E-state index contributed by atoms with van der Waals surface area (Å²) in [6.45, 7) is 3.68. The fourth-order valence-electron chi connectivity index (χ4n) is 4.42. The van der Waals surface area contributed by atoms with Gasteiger partial charge in [0.05, 0.1) is 35.8 Å². The summed E-state index contributed by atoms with van der Waals surface area (Å²) in [5.74, 6) is -1.16. The van der Waals surface area contributed by atoms with Crippen LogP contribution in [-0.2, 0) is 24.2 Å². The van der Waals surface area contributed by atoms with E-state index in [9.17, 15) is 22.8 Å². The van der Waals surface area contributed by atoms with Gasteiger partial charge in [0.1, 0.15) is 6.04 Å². The van der Waals surface area contributed by atoms with Crippen molar-refractivity contribution in [2.45, 2.75) is 38.8 Å². The lowest BCUT2D eigenvalue weighted by molar-refractivity contribution is -0.123. The van der Waals surface area contributed by atoms with Gasteiger partial charge in [-0.05, 0) is 44.0 Å². The van der Waals surface area contributed by atoms with Gasteiger partial charge in [-0.25, -0.2) is 8.42 Å². The van der Waals surface area contributed by atoms with E-state index in [0.717, 1.165) is 11.1 Å². The second kappa shape index (κ2) is 9.46. The van der Waals surface area contributed by atoms with Crippen LogP contribution >= 0.6 is 0 Å². The molecule has 2 aliphatic heterocycles. The van der Waals surface area contributed by atoms with Crippen LogP contribution in [0.2, 0.25) is 0 Å². The van der Waals surface area contributed by atoms with Gasteiger partial charge in [-0.3, -0.25) is 14.4 Å². The Balaban J connectivity index is 1.51. The molecule has 0 bridgehead atoms. The largest absolute Gasteiger partial charge is 0.351 e. The second-order valence-electron chi connectivity index (χ2n) is 8.89. The van der Waals surface area contributed by atoms with E-state index in [2.05, 4.69) is 16.0 Å². The standard InChI is InChI=1S/C24H28N4O5S/c1-15-7-8-18(16(2)11-15)26-22(29)12-21-24(31)27-19-5-3-4-6-20(19)28(21)13-23(30)25-17-9-10-34(32,33)14-17/h3-8,11,17,21H,9-10,12-14H2,1-2H3,(H,25,30)(H,26,29)(H,27,31)/t17-,21-/m0/s1. The maximum absolute atomic E-state index is 12.9. The summed E-state index contributed by atoms with van der Waals surface area (Å²) in [6.07, 6.45) is 0.214. The zero-order valence-corrected chi connectivity index (χ0v) is 19.9. The Morgan fingerprint density at radius 3 is 2.59 bits per heavy atom. The molecular formula is C24H28N4O5S. The lowest BCUT2D eigenvalue weighted by Gasteiger charge is -2.37. The van der Waals surface area contributed by atoms with Crippen LogP contribution in [0, 0.1) is 13.8 Å². The Kier molecular flexibility index (Phi) is 6.60. The minimum absolute atomic E-state index is 0.0497. The minimum atomic E-state index is -3.14. The highest BCUT2D eigenvalue weighted by Crippen LogP contribution is 2.33. The summed E-state index contributed by atoms with van der Waals surface area (Å²) in [5.41, 5.74) is 3.83. The number of aryl methyl sites for hydroxylation is 2. The molecule has 34 heavy (non-hydrogen) atoms. The molecule has 0 unspecified atom stereocenters. The first-order valence-electron chi connectivity index (χ1n) is 11.1. The Morgan fingerprint density at radius 2 is 1.88 bits per heavy atom. The molecule has 0 aromatic heterocycles. The van der Waals surface area contributed by atoms with E-state index in [1.165, 1.54) is 0 Å². The number of carbonyl (C=O) groups is 3. The van der Waals surface area contributed by atoms with E-state index >= 15 is 0 Å². The van der Waals surface area contributed by atoms with E-state index in [-0.39, 0.29) is 36.3 Å². The van der Waals surface area contributed by atoms with Crippen LogP contribution in [0.3, 0.4) is 0 Å². The summed E-state index contributed by atoms with van der Waals surface area (Å²) in [4.78, 5) is 40.2. The molecule has 0 radical (unpaired) electrons. The number of nitrogens with one attached hydrogen (secondary N) is 3. The van der Waals surface area contributed by atoms with Crippen LogP contribution in [0.1, 0.15) is 24.0 Å². The van der Waals surface area contributed by atoms with E-state index in [0.29, 0.717) is 23.5 Å². The lowest BCUT2D eigenvalue weighted by atomic mass is 10.0. The number of benzene rings is 2. The van der Waals surface area contributed by atoms with Crippen LogP contribution in [0.5, 0.6) is 0 Å². The summed E-state index contributed by atoms with van der Waals surface area (Å²) < 4.78 is 23.5. The predicted molar refractivity (Wildman–Crippen MR) is 131 cm³/mol. The number of anilines is 3. The number of hydrogen-bond acceptors (Lipinski definition) is 6. The summed E-state index contributed by atoms with van der Waals surface area (Å²) in [5, 5.41) is 8.43. The highest BCUT2D eigenvalue weighted by molar-refractivity contribution is 7.91. The number of nitrogens with zero attached hydrogens (tertiary/aromatic N) is 1. The van der Waals surface area contributed by atoms with Crippen molar-refractivity contribution >= 4 is 44.6 Å². The molecule has 2 heterocycles. The van der Waals surface area contributed by atoms with E-state index in [4.69, 9.17) is 0 Å². The van der Waals surface area contributed by atoms with Gasteiger partial charge in [-0.2, -0.15) is 0 Å². The molecule has 2 aromatic rings. The molecule has 10 heteroatoms. The molecule has 180 valence electrons. The first-order valence-corrected chi connectivity index (χ1v) is 13.0. The first kappa shape index (κ1) is 23.7. The van der Waals surface area contributed by atoms with Crippen molar-refractivity contribution in [2.75, 3.05) is 33.6 Å². The van der Waals surface area contributed by atoms with E-state index < -0.39 is 27.8 Å². The van der Waals surface area contributed by atoms with Crippen molar-refractivity contribution in [2.24, 2.45) is 0 Å². The van der Waals surface area contributed by atoms with Crippen LogP contribution in [-0.4, -0.2) is 56.3 Å². The normalized spacial score (nSPS) is 20.9. The van der Waals surface area contributed by atoms with Gasteiger partial charge in [-0.15, -0.1) is 0 Å². The Morgan fingerprint density at radius 1 is 1.12 bits per heavy atom. The molecule has 4 rings (SSSR count). The topological polar surface area (TPSA) is 125 Å². The van der Waals surface area contributed by atoms with Crippen molar-refractivity contribution < 1.29 is 22.8 Å². The van der Waals surface area contributed by atoms with Crippen LogP contribution in [0.15, 0.2) is 42.5 Å². The SMILES string of the molecule is Cc1ccc(NC(=O)C[C@H]2C(=O)Nc3ccccc3N2CC(=O)N[C@H]2CCS(=O)(=O)C2)c(C)c1. The smallest absolute Gasteiger partial charge is 0.247 e. The average molecular weight is 485 g/mol. The highest BCUT2D eigenvalue weighted by atomic mass is 32.2. The number of sulfone groups is 1. The Labute approximate surface area is 198 Å². The number of amides is 3. The van der Waals surface area contributed by atoms with Crippen molar-refractivity contribution in [1.82, 2.24) is 5.32 Å². The molecule has 2 aliphatic rings. The molecule has 3 amide bonds.